The van der Waals surface area contributed by atoms with Gasteiger partial charge >= 0.3 is 6.09 Å². The standard InChI is InChI=1S/C12H15FN6O2.CH4O3S/c13-9-5-19(12(20)21)2-1-7(9)3-14-10-8-4-17-18-11(8)16-6-15-10;1-5(2,3)4/h4,6-7,9H,1-3,5H2,(H,20,21)(H2,14,15,16,17,18);1H3,(H,2,3,4). The second kappa shape index (κ2) is 8.23. The Kier molecular flexibility index (Phi) is 6.26. The Hall–Kier alpha value is -2.54. The molecule has 2 aromatic rings. The van der Waals surface area contributed by atoms with Crippen LogP contribution in [0.15, 0.2) is 12.5 Å². The van der Waals surface area contributed by atoms with Crippen LogP contribution in [0.2, 0.25) is 0 Å². The lowest BCUT2D eigenvalue weighted by atomic mass is 9.95. The van der Waals surface area contributed by atoms with Crippen LogP contribution in [0.1, 0.15) is 6.42 Å². The van der Waals surface area contributed by atoms with E-state index in [4.69, 9.17) is 9.66 Å². The Balaban J connectivity index is 0.000000431. The minimum Gasteiger partial charge on any atom is -0.465 e. The highest BCUT2D eigenvalue weighted by atomic mass is 32.2. The number of carbonyl (C=O) groups is 1. The molecule has 1 aliphatic rings. The summed E-state index contributed by atoms with van der Waals surface area (Å²) >= 11 is 0. The molecule has 11 nitrogen and oxygen atoms in total. The molecule has 26 heavy (non-hydrogen) atoms. The molecule has 4 N–H and O–H groups in total. The number of piperidine rings is 1. The van der Waals surface area contributed by atoms with Gasteiger partial charge in [0, 0.05) is 19.0 Å². The SMILES string of the molecule is CS(=O)(=O)O.O=C(O)N1CCC(CNc2ncnc3[nH]ncc23)C(F)C1. The number of hydrogen-bond acceptors (Lipinski definition) is 7. The summed E-state index contributed by atoms with van der Waals surface area (Å²) in [7, 11) is -3.67. The lowest BCUT2D eigenvalue weighted by molar-refractivity contribution is 0.0799. The predicted octanol–water partition coefficient (Wildman–Crippen LogP) is 0.607. The second-order valence-electron chi connectivity index (χ2n) is 5.76. The summed E-state index contributed by atoms with van der Waals surface area (Å²) in [6.07, 6.45) is 1.97. The molecule has 3 rings (SSSR count). The number of nitrogens with zero attached hydrogens (tertiary/aromatic N) is 4. The van der Waals surface area contributed by atoms with E-state index < -0.39 is 22.4 Å². The van der Waals surface area contributed by atoms with E-state index in [1.54, 1.807) is 6.20 Å². The summed E-state index contributed by atoms with van der Waals surface area (Å²) in [6, 6.07) is 0. The van der Waals surface area contributed by atoms with Crippen LogP contribution in [0.25, 0.3) is 11.0 Å². The molecule has 0 saturated carbocycles. The van der Waals surface area contributed by atoms with Crippen LogP contribution < -0.4 is 5.32 Å². The van der Waals surface area contributed by atoms with Crippen molar-refractivity contribution < 1.29 is 27.3 Å². The van der Waals surface area contributed by atoms with Crippen molar-refractivity contribution in [3.05, 3.63) is 12.5 Å². The highest BCUT2D eigenvalue weighted by molar-refractivity contribution is 7.85. The molecule has 2 unspecified atom stereocenters. The number of alkyl halides is 1. The summed E-state index contributed by atoms with van der Waals surface area (Å²) in [5.41, 5.74) is 0.616. The van der Waals surface area contributed by atoms with Gasteiger partial charge in [-0.05, 0) is 6.42 Å². The number of H-pyrrole nitrogens is 1. The number of rotatable bonds is 3. The van der Waals surface area contributed by atoms with Crippen molar-refractivity contribution in [3.8, 4) is 0 Å². The van der Waals surface area contributed by atoms with Crippen LogP contribution in [-0.4, -0.2) is 81.3 Å². The van der Waals surface area contributed by atoms with Crippen LogP contribution in [0.3, 0.4) is 0 Å². The van der Waals surface area contributed by atoms with E-state index in [9.17, 15) is 17.6 Å². The molecule has 0 aromatic carbocycles. The quantitative estimate of drug-likeness (QED) is 0.550. The molecule has 0 bridgehead atoms. The molecule has 0 radical (unpaired) electrons. The van der Waals surface area contributed by atoms with E-state index in [1.165, 1.54) is 6.33 Å². The lowest BCUT2D eigenvalue weighted by Crippen LogP contribution is -2.46. The summed E-state index contributed by atoms with van der Waals surface area (Å²) < 4.78 is 39.9. The minimum absolute atomic E-state index is 0.0768. The monoisotopic (exact) mass is 390 g/mol. The lowest BCUT2D eigenvalue weighted by Gasteiger charge is -2.33. The average molecular weight is 390 g/mol. The molecule has 1 saturated heterocycles. The number of fused-ring (bicyclic) bond motifs is 1. The molecule has 144 valence electrons. The van der Waals surface area contributed by atoms with Gasteiger partial charge in [0.2, 0.25) is 0 Å². The highest BCUT2D eigenvalue weighted by Crippen LogP contribution is 2.23. The maximum Gasteiger partial charge on any atom is 0.407 e. The van der Waals surface area contributed by atoms with Gasteiger partial charge in [0.05, 0.1) is 24.4 Å². The van der Waals surface area contributed by atoms with Gasteiger partial charge in [-0.1, -0.05) is 0 Å². The third-order valence-electron chi connectivity index (χ3n) is 3.73. The smallest absolute Gasteiger partial charge is 0.407 e. The van der Waals surface area contributed by atoms with Crippen LogP contribution >= 0.6 is 0 Å². The topological polar surface area (TPSA) is 161 Å². The van der Waals surface area contributed by atoms with Crippen molar-refractivity contribution in [1.82, 2.24) is 25.1 Å². The third-order valence-corrected chi connectivity index (χ3v) is 3.73. The fourth-order valence-corrected chi connectivity index (χ4v) is 2.49. The third kappa shape index (κ3) is 5.77. The maximum absolute atomic E-state index is 14.0. The van der Waals surface area contributed by atoms with E-state index in [0.29, 0.717) is 37.2 Å². The Morgan fingerprint density at radius 3 is 2.81 bits per heavy atom. The summed E-state index contributed by atoms with van der Waals surface area (Å²) in [4.78, 5) is 20.1. The number of carboxylic acid groups (broad SMARTS) is 1. The van der Waals surface area contributed by atoms with E-state index >= 15 is 0 Å². The van der Waals surface area contributed by atoms with Gasteiger partial charge in [0.15, 0.2) is 5.65 Å². The predicted molar refractivity (Wildman–Crippen MR) is 90.2 cm³/mol. The van der Waals surface area contributed by atoms with Gasteiger partial charge in [0.25, 0.3) is 10.1 Å². The summed E-state index contributed by atoms with van der Waals surface area (Å²) in [6.45, 7) is 0.672. The fourth-order valence-electron chi connectivity index (χ4n) is 2.49. The molecule has 0 spiro atoms. The minimum atomic E-state index is -3.67. The van der Waals surface area contributed by atoms with E-state index in [1.807, 2.05) is 0 Å². The van der Waals surface area contributed by atoms with E-state index in [2.05, 4.69) is 25.5 Å². The number of anilines is 1. The van der Waals surface area contributed by atoms with Crippen molar-refractivity contribution in [3.63, 3.8) is 0 Å². The van der Waals surface area contributed by atoms with Gasteiger partial charge in [-0.2, -0.15) is 13.5 Å². The molecule has 1 amide bonds. The van der Waals surface area contributed by atoms with E-state index in [-0.39, 0.29) is 12.5 Å². The molecule has 2 aromatic heterocycles. The number of amides is 1. The van der Waals surface area contributed by atoms with Gasteiger partial charge in [-0.3, -0.25) is 9.65 Å². The highest BCUT2D eigenvalue weighted by Gasteiger charge is 2.31. The largest absolute Gasteiger partial charge is 0.465 e. The molecule has 3 heterocycles. The van der Waals surface area contributed by atoms with Crippen LogP contribution in [0, 0.1) is 5.92 Å². The number of aromatic nitrogens is 4. The number of hydrogen-bond donors (Lipinski definition) is 4. The fraction of sp³-hybridized carbons (Fsp3) is 0.538. The summed E-state index contributed by atoms with van der Waals surface area (Å²) in [5.74, 6) is 0.360. The molecule has 1 fully saturated rings. The van der Waals surface area contributed by atoms with Crippen molar-refractivity contribution in [2.45, 2.75) is 12.6 Å². The normalized spacial score (nSPS) is 20.3. The van der Waals surface area contributed by atoms with Crippen molar-refractivity contribution in [2.75, 3.05) is 31.2 Å². The van der Waals surface area contributed by atoms with Crippen LogP contribution in [-0.2, 0) is 10.1 Å². The Morgan fingerprint density at radius 2 is 2.19 bits per heavy atom. The zero-order valence-electron chi connectivity index (χ0n) is 13.8. The molecular weight excluding hydrogens is 371 g/mol. The number of likely N-dealkylation sites (tertiary alicyclic amines) is 1. The van der Waals surface area contributed by atoms with Gasteiger partial charge in [-0.25, -0.2) is 19.2 Å². The maximum atomic E-state index is 14.0. The van der Waals surface area contributed by atoms with Crippen molar-refractivity contribution in [1.29, 1.82) is 0 Å². The van der Waals surface area contributed by atoms with Crippen molar-refractivity contribution in [2.24, 2.45) is 5.92 Å². The number of nitrogens with one attached hydrogen (secondary N) is 2. The zero-order valence-corrected chi connectivity index (χ0v) is 14.6. The van der Waals surface area contributed by atoms with Gasteiger partial charge < -0.3 is 15.3 Å². The van der Waals surface area contributed by atoms with Gasteiger partial charge in [-0.15, -0.1) is 0 Å². The Labute approximate surface area is 148 Å². The molecule has 0 aliphatic carbocycles. The Bertz CT molecular complexity index is 852. The number of halogens is 1. The molecule has 1 aliphatic heterocycles. The molecule has 2 atom stereocenters. The van der Waals surface area contributed by atoms with E-state index in [0.717, 1.165) is 10.3 Å². The number of aromatic amines is 1. The summed E-state index contributed by atoms with van der Waals surface area (Å²) in [5, 5.41) is 19.3. The van der Waals surface area contributed by atoms with Crippen LogP contribution in [0.4, 0.5) is 15.0 Å². The van der Waals surface area contributed by atoms with Crippen LogP contribution in [0.5, 0.6) is 0 Å². The first kappa shape index (κ1) is 19.8. The first-order chi connectivity index (χ1) is 12.1. The first-order valence-corrected chi connectivity index (χ1v) is 9.42. The van der Waals surface area contributed by atoms with Crippen molar-refractivity contribution >= 4 is 33.1 Å². The molecule has 13 heteroatoms. The second-order valence-corrected chi connectivity index (χ2v) is 7.23. The first-order valence-electron chi connectivity index (χ1n) is 7.57. The Morgan fingerprint density at radius 1 is 1.50 bits per heavy atom. The van der Waals surface area contributed by atoms with Gasteiger partial charge in [0.1, 0.15) is 18.3 Å². The zero-order chi connectivity index (χ0) is 19.3. The molecular formula is C13H19FN6O5S. The average Bonchev–Trinajstić information content (AvgIpc) is 3.01.